The molecule has 0 spiro atoms. The molecule has 2 aliphatic rings. The number of nitrogens with one attached hydrogen (secondary N) is 3. The number of fused-ring (bicyclic) bond motifs is 1. The van der Waals surface area contributed by atoms with E-state index in [0.717, 1.165) is 24.8 Å². The van der Waals surface area contributed by atoms with Crippen LogP contribution < -0.4 is 25.4 Å². The molecule has 0 radical (unpaired) electrons. The van der Waals surface area contributed by atoms with Crippen LogP contribution in [-0.4, -0.2) is 31.3 Å². The number of halogens is 2. The number of rotatable bonds is 7. The summed E-state index contributed by atoms with van der Waals surface area (Å²) < 4.78 is 25.1. The molecule has 2 fully saturated rings. The Morgan fingerprint density at radius 3 is 2.80 bits per heavy atom. The summed E-state index contributed by atoms with van der Waals surface area (Å²) in [5, 5.41) is 9.89. The molecule has 3 unspecified atom stereocenters. The van der Waals surface area contributed by atoms with Crippen LogP contribution in [0.1, 0.15) is 30.4 Å². The molecule has 1 saturated carbocycles. The molecule has 1 aliphatic heterocycles. The monoisotopic (exact) mass is 433 g/mol. The minimum Gasteiger partial charge on any atom is -0.493 e. The Hall–Kier alpha value is -2.51. The van der Waals surface area contributed by atoms with Gasteiger partial charge in [0, 0.05) is 18.2 Å². The number of hydrogen-bond donors (Lipinski definition) is 3. The van der Waals surface area contributed by atoms with Crippen molar-refractivity contribution in [3.8, 4) is 11.5 Å². The third-order valence-electron chi connectivity index (χ3n) is 5.70. The fraction of sp³-hybridized carbons (Fsp3) is 0.409. The average Bonchev–Trinajstić information content (AvgIpc) is 3.11. The lowest BCUT2D eigenvalue weighted by Gasteiger charge is -2.31. The zero-order valence-corrected chi connectivity index (χ0v) is 17.5. The highest BCUT2D eigenvalue weighted by atomic mass is 35.5. The van der Waals surface area contributed by atoms with Gasteiger partial charge in [0.2, 0.25) is 0 Å². The smallest absolute Gasteiger partial charge is 0.315 e. The van der Waals surface area contributed by atoms with Gasteiger partial charge in [0.25, 0.3) is 0 Å². The molecule has 2 amide bonds. The highest BCUT2D eigenvalue weighted by molar-refractivity contribution is 6.32. The van der Waals surface area contributed by atoms with Gasteiger partial charge >= 0.3 is 6.03 Å². The summed E-state index contributed by atoms with van der Waals surface area (Å²) >= 11 is 6.45. The molecule has 4 rings (SSSR count). The van der Waals surface area contributed by atoms with Crippen LogP contribution in [0.5, 0.6) is 11.5 Å². The third-order valence-corrected chi connectivity index (χ3v) is 5.98. The number of hydrogen-bond acceptors (Lipinski definition) is 4. The Kier molecular flexibility index (Phi) is 6.29. The summed E-state index contributed by atoms with van der Waals surface area (Å²) in [5.74, 6) is 0.579. The maximum atomic E-state index is 13.8. The fourth-order valence-corrected chi connectivity index (χ4v) is 4.40. The summed E-state index contributed by atoms with van der Waals surface area (Å²) in [6, 6.07) is 10.8. The zero-order chi connectivity index (χ0) is 21.1. The lowest BCUT2D eigenvalue weighted by Crippen LogP contribution is -2.46. The summed E-state index contributed by atoms with van der Waals surface area (Å²) in [6.45, 7) is 0.678. The quantitative estimate of drug-likeness (QED) is 0.621. The van der Waals surface area contributed by atoms with Gasteiger partial charge in [-0.2, -0.15) is 0 Å². The number of ether oxygens (including phenoxy) is 2. The lowest BCUT2D eigenvalue weighted by atomic mass is 9.88. The van der Waals surface area contributed by atoms with E-state index in [1.165, 1.54) is 6.07 Å². The van der Waals surface area contributed by atoms with E-state index >= 15 is 0 Å². The van der Waals surface area contributed by atoms with E-state index < -0.39 is 0 Å². The van der Waals surface area contributed by atoms with E-state index in [4.69, 9.17) is 21.1 Å². The van der Waals surface area contributed by atoms with Crippen LogP contribution in [0, 0.1) is 5.82 Å². The molecule has 160 valence electrons. The van der Waals surface area contributed by atoms with E-state index in [1.807, 2.05) is 12.1 Å². The number of amides is 2. The highest BCUT2D eigenvalue weighted by Crippen LogP contribution is 2.37. The van der Waals surface area contributed by atoms with Gasteiger partial charge < -0.3 is 25.4 Å². The van der Waals surface area contributed by atoms with Gasteiger partial charge in [-0.3, -0.25) is 0 Å². The van der Waals surface area contributed by atoms with Crippen molar-refractivity contribution in [2.75, 3.05) is 7.11 Å². The molecule has 8 heteroatoms. The average molecular weight is 434 g/mol. The van der Waals surface area contributed by atoms with Crippen molar-refractivity contribution in [1.29, 1.82) is 0 Å². The Labute approximate surface area is 180 Å². The van der Waals surface area contributed by atoms with Crippen molar-refractivity contribution in [3.63, 3.8) is 0 Å². The van der Waals surface area contributed by atoms with Crippen molar-refractivity contribution in [2.45, 2.75) is 50.5 Å². The first-order chi connectivity index (χ1) is 14.5. The SMILES string of the molecule is COc1cc(CNC2CCC3NC(=O)NC3C2)cc(Cl)c1OCc1ccccc1F. The van der Waals surface area contributed by atoms with E-state index in [1.54, 1.807) is 25.3 Å². The predicted molar refractivity (Wildman–Crippen MR) is 112 cm³/mol. The van der Waals surface area contributed by atoms with E-state index in [0.29, 0.717) is 34.7 Å². The van der Waals surface area contributed by atoms with Crippen LogP contribution in [0.15, 0.2) is 36.4 Å². The van der Waals surface area contributed by atoms with Crippen LogP contribution in [0.3, 0.4) is 0 Å². The number of methoxy groups -OCH3 is 1. The topological polar surface area (TPSA) is 71.6 Å². The first-order valence-electron chi connectivity index (χ1n) is 10.1. The predicted octanol–water partition coefficient (Wildman–Crippen LogP) is 3.76. The van der Waals surface area contributed by atoms with Crippen molar-refractivity contribution in [2.24, 2.45) is 0 Å². The molecule has 30 heavy (non-hydrogen) atoms. The van der Waals surface area contributed by atoms with Gasteiger partial charge in [-0.05, 0) is 43.0 Å². The first-order valence-corrected chi connectivity index (χ1v) is 10.4. The van der Waals surface area contributed by atoms with Gasteiger partial charge in [0.05, 0.1) is 24.2 Å². The Morgan fingerprint density at radius 1 is 1.20 bits per heavy atom. The molecule has 1 heterocycles. The zero-order valence-electron chi connectivity index (χ0n) is 16.7. The molecule has 2 aromatic carbocycles. The largest absolute Gasteiger partial charge is 0.493 e. The maximum Gasteiger partial charge on any atom is 0.315 e. The van der Waals surface area contributed by atoms with Crippen LogP contribution in [0.25, 0.3) is 0 Å². The van der Waals surface area contributed by atoms with Crippen LogP contribution in [0.4, 0.5) is 9.18 Å². The Balaban J connectivity index is 1.38. The maximum absolute atomic E-state index is 13.8. The minimum absolute atomic E-state index is 0.0603. The summed E-state index contributed by atoms with van der Waals surface area (Å²) in [6.07, 6.45) is 2.84. The van der Waals surface area contributed by atoms with Crippen molar-refractivity contribution >= 4 is 17.6 Å². The van der Waals surface area contributed by atoms with Crippen molar-refractivity contribution < 1.29 is 18.7 Å². The van der Waals surface area contributed by atoms with Gasteiger partial charge in [0.1, 0.15) is 12.4 Å². The normalized spacial score (nSPS) is 22.8. The molecule has 1 saturated heterocycles. The molecule has 1 aliphatic carbocycles. The van der Waals surface area contributed by atoms with Crippen LogP contribution in [-0.2, 0) is 13.2 Å². The number of carbonyl (C=O) groups is 1. The Bertz CT molecular complexity index is 926. The molecule has 0 bridgehead atoms. The summed E-state index contributed by atoms with van der Waals surface area (Å²) in [4.78, 5) is 11.5. The van der Waals surface area contributed by atoms with Gasteiger partial charge in [-0.1, -0.05) is 29.8 Å². The molecular weight excluding hydrogens is 409 g/mol. The van der Waals surface area contributed by atoms with Gasteiger partial charge in [-0.15, -0.1) is 0 Å². The molecule has 2 aromatic rings. The number of benzene rings is 2. The highest BCUT2D eigenvalue weighted by Gasteiger charge is 2.36. The molecule has 6 nitrogen and oxygen atoms in total. The van der Waals surface area contributed by atoms with Crippen molar-refractivity contribution in [1.82, 2.24) is 16.0 Å². The first kappa shape index (κ1) is 20.8. The standard InChI is InChI=1S/C22H25ClFN3O3/c1-29-20-9-13(11-25-15-6-7-18-19(10-15)27-22(28)26-18)8-16(23)21(20)30-12-14-4-2-3-5-17(14)24/h2-5,8-9,15,18-19,25H,6-7,10-12H2,1H3,(H2,26,27,28). The van der Waals surface area contributed by atoms with Crippen LogP contribution in [0.2, 0.25) is 5.02 Å². The van der Waals surface area contributed by atoms with Crippen LogP contribution >= 0.6 is 11.6 Å². The lowest BCUT2D eigenvalue weighted by molar-refractivity contribution is 0.247. The second-order valence-electron chi connectivity index (χ2n) is 7.71. The molecule has 0 aromatic heterocycles. The third kappa shape index (κ3) is 4.63. The molecule has 3 N–H and O–H groups in total. The van der Waals surface area contributed by atoms with E-state index in [2.05, 4.69) is 16.0 Å². The molecule has 3 atom stereocenters. The van der Waals surface area contributed by atoms with Gasteiger partial charge in [0.15, 0.2) is 11.5 Å². The number of carbonyl (C=O) groups excluding carboxylic acids is 1. The van der Waals surface area contributed by atoms with Crippen molar-refractivity contribution in [3.05, 3.63) is 58.4 Å². The second-order valence-corrected chi connectivity index (χ2v) is 8.12. The Morgan fingerprint density at radius 2 is 2.00 bits per heavy atom. The fourth-order valence-electron chi connectivity index (χ4n) is 4.11. The summed E-state index contributed by atoms with van der Waals surface area (Å²) in [7, 11) is 1.55. The molecular formula is C22H25ClFN3O3. The summed E-state index contributed by atoms with van der Waals surface area (Å²) in [5.41, 5.74) is 1.41. The minimum atomic E-state index is -0.322. The van der Waals surface area contributed by atoms with E-state index in [9.17, 15) is 9.18 Å². The second kappa shape index (κ2) is 9.10. The van der Waals surface area contributed by atoms with E-state index in [-0.39, 0.29) is 30.5 Å². The van der Waals surface area contributed by atoms with Gasteiger partial charge in [-0.25, -0.2) is 9.18 Å². The number of urea groups is 1.